The fraction of sp³-hybridized carbons (Fsp3) is 1.00. The van der Waals surface area contributed by atoms with Crippen LogP contribution in [-0.4, -0.2) is 43.8 Å². The number of hydrogen-bond donors (Lipinski definition) is 1. The van der Waals surface area contributed by atoms with Gasteiger partial charge in [0.05, 0.1) is 6.10 Å². The number of piperidine rings is 1. The zero-order valence-electron chi connectivity index (χ0n) is 11.3. The Morgan fingerprint density at radius 1 is 1.29 bits per heavy atom. The Balaban J connectivity index is 1.64. The maximum absolute atomic E-state index is 5.91. The molecule has 0 aromatic heterocycles. The van der Waals surface area contributed by atoms with Crippen LogP contribution in [-0.2, 0) is 4.74 Å². The smallest absolute Gasteiger partial charge is 0.0599 e. The third kappa shape index (κ3) is 3.43. The number of ether oxygens (including phenoxy) is 1. The molecule has 100 valence electrons. The Labute approximate surface area is 106 Å². The van der Waals surface area contributed by atoms with Gasteiger partial charge in [0.2, 0.25) is 0 Å². The SMILES string of the molecule is CCOC1CCN(CCC2(CN)CCC2)CC1. The average Bonchev–Trinajstić information content (AvgIpc) is 2.31. The van der Waals surface area contributed by atoms with Crippen molar-refractivity contribution in [1.29, 1.82) is 0 Å². The van der Waals surface area contributed by atoms with Crippen LogP contribution in [0.2, 0.25) is 0 Å². The van der Waals surface area contributed by atoms with E-state index in [1.54, 1.807) is 0 Å². The third-order valence-electron chi connectivity index (χ3n) is 4.74. The normalized spacial score (nSPS) is 25.8. The lowest BCUT2D eigenvalue weighted by Gasteiger charge is -2.43. The summed E-state index contributed by atoms with van der Waals surface area (Å²) < 4.78 is 5.68. The molecule has 2 fully saturated rings. The van der Waals surface area contributed by atoms with Crippen LogP contribution in [0, 0.1) is 5.41 Å². The van der Waals surface area contributed by atoms with E-state index in [-0.39, 0.29) is 0 Å². The molecule has 0 bridgehead atoms. The molecule has 0 atom stereocenters. The predicted molar refractivity (Wildman–Crippen MR) is 71.0 cm³/mol. The Bertz CT molecular complexity index is 215. The van der Waals surface area contributed by atoms with Gasteiger partial charge in [0.1, 0.15) is 0 Å². The number of nitrogens with two attached hydrogens (primary N) is 1. The highest BCUT2D eigenvalue weighted by Crippen LogP contribution is 2.43. The van der Waals surface area contributed by atoms with Crippen molar-refractivity contribution < 1.29 is 4.74 Å². The van der Waals surface area contributed by atoms with Crippen molar-refractivity contribution in [2.24, 2.45) is 11.1 Å². The van der Waals surface area contributed by atoms with E-state index in [1.165, 1.54) is 58.2 Å². The summed E-state index contributed by atoms with van der Waals surface area (Å²) in [5.74, 6) is 0. The zero-order valence-corrected chi connectivity index (χ0v) is 11.3. The van der Waals surface area contributed by atoms with E-state index in [2.05, 4.69) is 11.8 Å². The fourth-order valence-electron chi connectivity index (χ4n) is 3.16. The van der Waals surface area contributed by atoms with Crippen LogP contribution in [0.1, 0.15) is 45.4 Å². The summed E-state index contributed by atoms with van der Waals surface area (Å²) in [7, 11) is 0. The molecule has 0 spiro atoms. The molecular weight excluding hydrogens is 212 g/mol. The Morgan fingerprint density at radius 2 is 2.00 bits per heavy atom. The van der Waals surface area contributed by atoms with Crippen LogP contribution in [0.5, 0.6) is 0 Å². The van der Waals surface area contributed by atoms with Crippen molar-refractivity contribution in [3.8, 4) is 0 Å². The van der Waals surface area contributed by atoms with Gasteiger partial charge in [-0.3, -0.25) is 0 Å². The highest BCUT2D eigenvalue weighted by atomic mass is 16.5. The Morgan fingerprint density at radius 3 is 2.47 bits per heavy atom. The molecule has 2 N–H and O–H groups in total. The van der Waals surface area contributed by atoms with Gasteiger partial charge in [0, 0.05) is 19.7 Å². The van der Waals surface area contributed by atoms with Crippen LogP contribution in [0.3, 0.4) is 0 Å². The van der Waals surface area contributed by atoms with Gasteiger partial charge in [0.25, 0.3) is 0 Å². The number of likely N-dealkylation sites (tertiary alicyclic amines) is 1. The van der Waals surface area contributed by atoms with Crippen molar-refractivity contribution in [2.75, 3.05) is 32.8 Å². The fourth-order valence-corrected chi connectivity index (χ4v) is 3.16. The van der Waals surface area contributed by atoms with Gasteiger partial charge in [-0.05, 0) is 57.5 Å². The van der Waals surface area contributed by atoms with Gasteiger partial charge >= 0.3 is 0 Å². The second kappa shape index (κ2) is 6.17. The molecule has 1 heterocycles. The number of hydrogen-bond acceptors (Lipinski definition) is 3. The lowest BCUT2D eigenvalue weighted by Crippen LogP contribution is -2.43. The highest BCUT2D eigenvalue weighted by molar-refractivity contribution is 4.89. The van der Waals surface area contributed by atoms with E-state index in [0.29, 0.717) is 11.5 Å². The monoisotopic (exact) mass is 240 g/mol. The van der Waals surface area contributed by atoms with Crippen LogP contribution < -0.4 is 5.73 Å². The Hall–Kier alpha value is -0.120. The molecule has 0 radical (unpaired) electrons. The largest absolute Gasteiger partial charge is 0.378 e. The molecule has 0 aromatic rings. The van der Waals surface area contributed by atoms with E-state index in [9.17, 15) is 0 Å². The van der Waals surface area contributed by atoms with Gasteiger partial charge < -0.3 is 15.4 Å². The number of rotatable bonds is 6. The average molecular weight is 240 g/mol. The number of nitrogens with zero attached hydrogens (tertiary/aromatic N) is 1. The van der Waals surface area contributed by atoms with Crippen LogP contribution in [0.15, 0.2) is 0 Å². The van der Waals surface area contributed by atoms with Crippen LogP contribution in [0.25, 0.3) is 0 Å². The maximum Gasteiger partial charge on any atom is 0.0599 e. The van der Waals surface area contributed by atoms with Crippen molar-refractivity contribution in [2.45, 2.75) is 51.6 Å². The molecule has 1 saturated heterocycles. The second-order valence-electron chi connectivity index (χ2n) is 5.80. The molecule has 0 unspecified atom stereocenters. The quantitative estimate of drug-likeness (QED) is 0.772. The molecule has 1 aliphatic carbocycles. The van der Waals surface area contributed by atoms with Crippen LogP contribution >= 0.6 is 0 Å². The van der Waals surface area contributed by atoms with Crippen molar-refractivity contribution in [1.82, 2.24) is 4.90 Å². The standard InChI is InChI=1S/C14H28N2O/c1-2-17-13-4-9-16(10-5-13)11-8-14(12-15)6-3-7-14/h13H,2-12,15H2,1H3. The van der Waals surface area contributed by atoms with E-state index >= 15 is 0 Å². The van der Waals surface area contributed by atoms with Gasteiger partial charge in [-0.15, -0.1) is 0 Å². The van der Waals surface area contributed by atoms with Gasteiger partial charge in [0.15, 0.2) is 0 Å². The highest BCUT2D eigenvalue weighted by Gasteiger charge is 2.35. The minimum atomic E-state index is 0.511. The van der Waals surface area contributed by atoms with E-state index < -0.39 is 0 Å². The molecule has 1 saturated carbocycles. The molecule has 2 aliphatic rings. The van der Waals surface area contributed by atoms with E-state index in [0.717, 1.165) is 13.2 Å². The lowest BCUT2D eigenvalue weighted by molar-refractivity contribution is 0.00840. The van der Waals surface area contributed by atoms with Crippen molar-refractivity contribution in [3.63, 3.8) is 0 Å². The van der Waals surface area contributed by atoms with Gasteiger partial charge in [-0.25, -0.2) is 0 Å². The summed E-state index contributed by atoms with van der Waals surface area (Å²) in [6, 6.07) is 0. The first-order valence-corrected chi connectivity index (χ1v) is 7.32. The molecule has 2 rings (SSSR count). The minimum Gasteiger partial charge on any atom is -0.378 e. The first kappa shape index (κ1) is 13.3. The summed E-state index contributed by atoms with van der Waals surface area (Å²) in [5.41, 5.74) is 6.42. The predicted octanol–water partition coefficient (Wildman–Crippen LogP) is 2.01. The first-order chi connectivity index (χ1) is 8.28. The summed E-state index contributed by atoms with van der Waals surface area (Å²) >= 11 is 0. The maximum atomic E-state index is 5.91. The second-order valence-corrected chi connectivity index (χ2v) is 5.80. The summed E-state index contributed by atoms with van der Waals surface area (Å²) in [6.45, 7) is 7.52. The van der Waals surface area contributed by atoms with Crippen molar-refractivity contribution in [3.05, 3.63) is 0 Å². The van der Waals surface area contributed by atoms with Crippen LogP contribution in [0.4, 0.5) is 0 Å². The van der Waals surface area contributed by atoms with Gasteiger partial charge in [-0.2, -0.15) is 0 Å². The molecule has 0 amide bonds. The summed E-state index contributed by atoms with van der Waals surface area (Å²) in [5, 5.41) is 0. The minimum absolute atomic E-state index is 0.511. The molecular formula is C14H28N2O. The summed E-state index contributed by atoms with van der Waals surface area (Å²) in [4.78, 5) is 2.60. The molecule has 1 aliphatic heterocycles. The first-order valence-electron chi connectivity index (χ1n) is 7.32. The molecule has 17 heavy (non-hydrogen) atoms. The molecule has 0 aromatic carbocycles. The van der Waals surface area contributed by atoms with Crippen molar-refractivity contribution >= 4 is 0 Å². The van der Waals surface area contributed by atoms with Gasteiger partial charge in [-0.1, -0.05) is 6.42 Å². The summed E-state index contributed by atoms with van der Waals surface area (Å²) in [6.07, 6.45) is 8.36. The Kier molecular flexibility index (Phi) is 4.83. The third-order valence-corrected chi connectivity index (χ3v) is 4.74. The van der Waals surface area contributed by atoms with E-state index in [4.69, 9.17) is 10.5 Å². The lowest BCUT2D eigenvalue weighted by atomic mass is 9.66. The topological polar surface area (TPSA) is 38.5 Å². The van der Waals surface area contributed by atoms with E-state index in [1.807, 2.05) is 0 Å². The zero-order chi connectivity index (χ0) is 12.1. The molecule has 3 nitrogen and oxygen atoms in total. The molecule has 3 heteroatoms.